The van der Waals surface area contributed by atoms with Crippen LogP contribution in [0.25, 0.3) is 11.0 Å². The van der Waals surface area contributed by atoms with Gasteiger partial charge in [-0.25, -0.2) is 9.78 Å². The maximum Gasteiger partial charge on any atom is 0.338 e. The third kappa shape index (κ3) is 3.64. The second-order valence-electron chi connectivity index (χ2n) is 6.99. The Kier molecular flexibility index (Phi) is 5.72. The zero-order chi connectivity index (χ0) is 21.1. The maximum absolute atomic E-state index is 13.1. The van der Waals surface area contributed by atoms with Crippen molar-refractivity contribution >= 4 is 23.0 Å². The van der Waals surface area contributed by atoms with Gasteiger partial charge in [0.05, 0.1) is 35.9 Å². The van der Waals surface area contributed by atoms with Crippen LogP contribution in [0.15, 0.2) is 59.8 Å². The van der Waals surface area contributed by atoms with Gasteiger partial charge in [0.15, 0.2) is 0 Å². The van der Waals surface area contributed by atoms with Crippen LogP contribution in [-0.2, 0) is 14.3 Å². The molecule has 0 aliphatic carbocycles. The molecule has 0 fully saturated rings. The average Bonchev–Trinajstić information content (AvgIpc) is 3.11. The van der Waals surface area contributed by atoms with Crippen molar-refractivity contribution in [3.8, 4) is 5.75 Å². The number of methoxy groups -OCH3 is 1. The SMILES string of the molecule is CCOc1cccc(C2C(C(=O)OCCOC)=C(C)Nc3nc4ccccc4n32)c1. The molecule has 0 spiro atoms. The largest absolute Gasteiger partial charge is 0.494 e. The van der Waals surface area contributed by atoms with Crippen LogP contribution < -0.4 is 10.1 Å². The molecule has 3 aromatic rings. The van der Waals surface area contributed by atoms with Crippen molar-refractivity contribution in [2.45, 2.75) is 19.9 Å². The normalized spacial score (nSPS) is 15.6. The summed E-state index contributed by atoms with van der Waals surface area (Å²) in [6, 6.07) is 15.3. The Labute approximate surface area is 175 Å². The number of nitrogens with zero attached hydrogens (tertiary/aromatic N) is 2. The minimum absolute atomic E-state index is 0.190. The van der Waals surface area contributed by atoms with Crippen LogP contribution in [0.2, 0.25) is 0 Å². The minimum atomic E-state index is -0.399. The maximum atomic E-state index is 13.1. The van der Waals surface area contributed by atoms with Gasteiger partial charge in [-0.05, 0) is 43.7 Å². The van der Waals surface area contributed by atoms with Crippen LogP contribution in [0.5, 0.6) is 5.75 Å². The van der Waals surface area contributed by atoms with Crippen LogP contribution in [-0.4, -0.2) is 42.5 Å². The fourth-order valence-corrected chi connectivity index (χ4v) is 3.78. The summed E-state index contributed by atoms with van der Waals surface area (Å²) in [4.78, 5) is 17.8. The highest BCUT2D eigenvalue weighted by molar-refractivity contribution is 5.94. The number of nitrogens with one attached hydrogen (secondary N) is 1. The number of carbonyl (C=O) groups excluding carboxylic acids is 1. The van der Waals surface area contributed by atoms with Gasteiger partial charge in [-0.3, -0.25) is 4.57 Å². The van der Waals surface area contributed by atoms with E-state index < -0.39 is 6.04 Å². The Hall–Kier alpha value is -3.32. The van der Waals surface area contributed by atoms with Gasteiger partial charge in [0.1, 0.15) is 12.4 Å². The summed E-state index contributed by atoms with van der Waals surface area (Å²) in [6.45, 7) is 4.91. The lowest BCUT2D eigenvalue weighted by molar-refractivity contribution is -0.140. The number of para-hydroxylation sites is 2. The lowest BCUT2D eigenvalue weighted by atomic mass is 9.95. The van der Waals surface area contributed by atoms with Crippen molar-refractivity contribution in [1.29, 1.82) is 0 Å². The van der Waals surface area contributed by atoms with E-state index in [0.717, 1.165) is 22.3 Å². The summed E-state index contributed by atoms with van der Waals surface area (Å²) in [5.41, 5.74) is 3.96. The number of fused-ring (bicyclic) bond motifs is 3. The molecule has 30 heavy (non-hydrogen) atoms. The average molecular weight is 407 g/mol. The second kappa shape index (κ2) is 8.59. The molecule has 1 aliphatic rings. The summed E-state index contributed by atoms with van der Waals surface area (Å²) in [6.07, 6.45) is 0. The molecule has 2 heterocycles. The molecule has 1 N–H and O–H groups in total. The highest BCUT2D eigenvalue weighted by Gasteiger charge is 2.35. The summed E-state index contributed by atoms with van der Waals surface area (Å²) >= 11 is 0. The first-order valence-corrected chi connectivity index (χ1v) is 9.97. The number of imidazole rings is 1. The minimum Gasteiger partial charge on any atom is -0.494 e. The monoisotopic (exact) mass is 407 g/mol. The molecule has 1 unspecified atom stereocenters. The topological polar surface area (TPSA) is 74.6 Å². The molecule has 156 valence electrons. The Morgan fingerprint density at radius 2 is 2.00 bits per heavy atom. The zero-order valence-electron chi connectivity index (χ0n) is 17.3. The quantitative estimate of drug-likeness (QED) is 0.473. The molecule has 0 bridgehead atoms. The van der Waals surface area contributed by atoms with E-state index in [-0.39, 0.29) is 12.6 Å². The van der Waals surface area contributed by atoms with E-state index in [2.05, 4.69) is 5.32 Å². The van der Waals surface area contributed by atoms with Gasteiger partial charge >= 0.3 is 5.97 Å². The predicted octanol–water partition coefficient (Wildman–Crippen LogP) is 3.91. The van der Waals surface area contributed by atoms with E-state index in [1.165, 1.54) is 0 Å². The van der Waals surface area contributed by atoms with Gasteiger partial charge in [0.25, 0.3) is 0 Å². The van der Waals surface area contributed by atoms with E-state index in [4.69, 9.17) is 19.2 Å². The van der Waals surface area contributed by atoms with Gasteiger partial charge in [0, 0.05) is 12.8 Å². The van der Waals surface area contributed by atoms with E-state index in [1.54, 1.807) is 7.11 Å². The number of hydrogen-bond donors (Lipinski definition) is 1. The molecular weight excluding hydrogens is 382 g/mol. The van der Waals surface area contributed by atoms with Gasteiger partial charge in [0.2, 0.25) is 5.95 Å². The number of hydrogen-bond acceptors (Lipinski definition) is 6. The second-order valence-corrected chi connectivity index (χ2v) is 6.99. The molecule has 0 radical (unpaired) electrons. The number of carbonyl (C=O) groups is 1. The Morgan fingerprint density at radius 3 is 2.80 bits per heavy atom. The molecule has 0 amide bonds. The third-order valence-electron chi connectivity index (χ3n) is 5.06. The van der Waals surface area contributed by atoms with Crippen LogP contribution in [0, 0.1) is 0 Å². The van der Waals surface area contributed by atoms with E-state index in [1.807, 2.05) is 66.9 Å². The predicted molar refractivity (Wildman–Crippen MR) is 115 cm³/mol. The fourth-order valence-electron chi connectivity index (χ4n) is 3.78. The molecule has 0 saturated carbocycles. The number of allylic oxidation sites excluding steroid dienone is 1. The number of esters is 1. The molecule has 1 aromatic heterocycles. The standard InChI is InChI=1S/C23H25N3O4/c1-4-29-17-9-7-8-16(14-17)21-20(22(27)30-13-12-28-3)15(2)24-23-25-18-10-5-6-11-19(18)26(21)23/h5-11,14,21H,4,12-13H2,1-3H3,(H,24,25). The summed E-state index contributed by atoms with van der Waals surface area (Å²) in [5.74, 6) is 1.06. The van der Waals surface area contributed by atoms with E-state index in [0.29, 0.717) is 30.4 Å². The molecular formula is C23H25N3O4. The van der Waals surface area contributed by atoms with Crippen LogP contribution in [0.4, 0.5) is 5.95 Å². The highest BCUT2D eigenvalue weighted by atomic mass is 16.6. The van der Waals surface area contributed by atoms with Crippen LogP contribution in [0.3, 0.4) is 0 Å². The number of aromatic nitrogens is 2. The van der Waals surface area contributed by atoms with Crippen molar-refractivity contribution < 1.29 is 19.0 Å². The first kappa shape index (κ1) is 20.0. The Morgan fingerprint density at radius 1 is 1.17 bits per heavy atom. The third-order valence-corrected chi connectivity index (χ3v) is 5.06. The van der Waals surface area contributed by atoms with Crippen molar-refractivity contribution in [3.63, 3.8) is 0 Å². The molecule has 2 aromatic carbocycles. The molecule has 1 aliphatic heterocycles. The number of anilines is 1. The number of ether oxygens (including phenoxy) is 3. The fraction of sp³-hybridized carbons (Fsp3) is 0.304. The molecule has 0 saturated heterocycles. The Bertz CT molecular complexity index is 1100. The van der Waals surface area contributed by atoms with Crippen molar-refractivity contribution in [2.75, 3.05) is 32.2 Å². The van der Waals surface area contributed by atoms with Crippen molar-refractivity contribution in [3.05, 3.63) is 65.4 Å². The lowest BCUT2D eigenvalue weighted by Gasteiger charge is -2.30. The first-order chi connectivity index (χ1) is 14.6. The number of rotatable bonds is 7. The zero-order valence-corrected chi connectivity index (χ0v) is 17.3. The summed E-state index contributed by atoms with van der Waals surface area (Å²) < 4.78 is 18.3. The lowest BCUT2D eigenvalue weighted by Crippen LogP contribution is -2.29. The first-order valence-electron chi connectivity index (χ1n) is 9.97. The van der Waals surface area contributed by atoms with Crippen LogP contribution >= 0.6 is 0 Å². The van der Waals surface area contributed by atoms with Crippen molar-refractivity contribution in [1.82, 2.24) is 9.55 Å². The van der Waals surface area contributed by atoms with E-state index >= 15 is 0 Å². The molecule has 1 atom stereocenters. The highest BCUT2D eigenvalue weighted by Crippen LogP contribution is 2.40. The van der Waals surface area contributed by atoms with Gasteiger partial charge in [-0.15, -0.1) is 0 Å². The smallest absolute Gasteiger partial charge is 0.338 e. The van der Waals surface area contributed by atoms with Crippen LogP contribution in [0.1, 0.15) is 25.5 Å². The van der Waals surface area contributed by atoms with Crippen molar-refractivity contribution in [2.24, 2.45) is 0 Å². The van der Waals surface area contributed by atoms with E-state index in [9.17, 15) is 4.79 Å². The Balaban J connectivity index is 1.86. The number of benzene rings is 2. The van der Waals surface area contributed by atoms with Gasteiger partial charge < -0.3 is 19.5 Å². The molecule has 7 nitrogen and oxygen atoms in total. The molecule has 7 heteroatoms. The summed E-state index contributed by atoms with van der Waals surface area (Å²) in [5, 5.41) is 3.28. The molecule has 4 rings (SSSR count). The summed E-state index contributed by atoms with van der Waals surface area (Å²) in [7, 11) is 1.58. The van der Waals surface area contributed by atoms with Gasteiger partial charge in [-0.1, -0.05) is 24.3 Å². The van der Waals surface area contributed by atoms with Gasteiger partial charge in [-0.2, -0.15) is 0 Å².